The van der Waals surface area contributed by atoms with Gasteiger partial charge >= 0.3 is 5.97 Å². The number of imide groups is 1. The van der Waals surface area contributed by atoms with Crippen LogP contribution in [-0.2, 0) is 19.2 Å². The van der Waals surface area contributed by atoms with Crippen molar-refractivity contribution in [2.75, 3.05) is 48.5 Å². The lowest BCUT2D eigenvalue weighted by molar-refractivity contribution is -0.197. The van der Waals surface area contributed by atoms with Crippen molar-refractivity contribution in [1.29, 1.82) is 0 Å². The monoisotopic (exact) mass is 533 g/mol. The van der Waals surface area contributed by atoms with Gasteiger partial charge in [0.25, 0.3) is 17.7 Å². The molecule has 3 rings (SSSR count). The van der Waals surface area contributed by atoms with Crippen LogP contribution in [0.2, 0.25) is 0 Å². The molecule has 194 valence electrons. The number of benzene rings is 2. The molecule has 0 aliphatic carbocycles. The molecule has 36 heavy (non-hydrogen) atoms. The Morgan fingerprint density at radius 1 is 0.917 bits per heavy atom. The first-order valence-electron chi connectivity index (χ1n) is 11.1. The van der Waals surface area contributed by atoms with Crippen LogP contribution >= 0.6 is 21.6 Å². The van der Waals surface area contributed by atoms with Crippen molar-refractivity contribution in [1.82, 2.24) is 10.4 Å². The standard InChI is InChI=1S/C16H19N3O5S2.C8H12N2/c17-12-3-1-11(2-4-12)16(23)18-8-10-26-25-9-7-15(22)24-19-13(20)5-6-14(19)21;1-10(2)8-5-3-7(9)4-6-8/h1-4H,5-10,17H2,(H,18,23);3-6H,9H2,1-2H3. The lowest BCUT2D eigenvalue weighted by Gasteiger charge is -2.12. The Bertz CT molecular complexity index is 1020. The van der Waals surface area contributed by atoms with Gasteiger partial charge in [0.05, 0.1) is 6.42 Å². The van der Waals surface area contributed by atoms with Gasteiger partial charge in [-0.15, -0.1) is 5.06 Å². The highest BCUT2D eigenvalue weighted by Crippen LogP contribution is 2.22. The second kappa shape index (κ2) is 14.9. The molecule has 3 amide bonds. The van der Waals surface area contributed by atoms with E-state index in [1.165, 1.54) is 27.3 Å². The fourth-order valence-electron chi connectivity index (χ4n) is 2.76. The van der Waals surface area contributed by atoms with Crippen molar-refractivity contribution in [3.8, 4) is 0 Å². The van der Waals surface area contributed by atoms with Crippen molar-refractivity contribution in [2.24, 2.45) is 0 Å². The van der Waals surface area contributed by atoms with Gasteiger partial charge in [-0.2, -0.15) is 0 Å². The average molecular weight is 534 g/mol. The van der Waals surface area contributed by atoms with E-state index in [2.05, 4.69) is 5.32 Å². The van der Waals surface area contributed by atoms with Crippen molar-refractivity contribution in [2.45, 2.75) is 19.3 Å². The Labute approximate surface area is 218 Å². The molecular weight excluding hydrogens is 502 g/mol. The zero-order valence-electron chi connectivity index (χ0n) is 20.3. The summed E-state index contributed by atoms with van der Waals surface area (Å²) in [6, 6.07) is 14.4. The molecule has 12 heteroatoms. The van der Waals surface area contributed by atoms with Gasteiger partial charge in [0.2, 0.25) is 0 Å². The minimum atomic E-state index is -0.613. The second-order valence-corrected chi connectivity index (χ2v) is 10.5. The summed E-state index contributed by atoms with van der Waals surface area (Å²) < 4.78 is 0. The third kappa shape index (κ3) is 10.1. The molecule has 2 aromatic carbocycles. The highest BCUT2D eigenvalue weighted by atomic mass is 33.1. The summed E-state index contributed by atoms with van der Waals surface area (Å²) in [4.78, 5) is 52.9. The molecule has 1 saturated heterocycles. The summed E-state index contributed by atoms with van der Waals surface area (Å²) in [5.74, 6) is -0.600. The SMILES string of the molecule is CN(C)c1ccc(N)cc1.Nc1ccc(C(=O)NCCSSCCC(=O)ON2C(=O)CCC2=O)cc1. The zero-order valence-corrected chi connectivity index (χ0v) is 21.9. The van der Waals surface area contributed by atoms with E-state index in [1.54, 1.807) is 24.3 Å². The number of hydroxylamine groups is 2. The fraction of sp³-hybridized carbons (Fsp3) is 0.333. The van der Waals surface area contributed by atoms with E-state index in [0.29, 0.717) is 34.4 Å². The van der Waals surface area contributed by atoms with Crippen LogP contribution in [0.1, 0.15) is 29.6 Å². The van der Waals surface area contributed by atoms with Crippen LogP contribution in [0.25, 0.3) is 0 Å². The first kappa shape index (κ1) is 28.9. The van der Waals surface area contributed by atoms with Gasteiger partial charge in [0.15, 0.2) is 0 Å². The second-order valence-electron chi connectivity index (χ2n) is 7.80. The molecular formula is C24H31N5O5S2. The van der Waals surface area contributed by atoms with Crippen molar-refractivity contribution < 1.29 is 24.0 Å². The van der Waals surface area contributed by atoms with E-state index in [9.17, 15) is 19.2 Å². The number of carbonyl (C=O) groups is 4. The molecule has 0 atom stereocenters. The molecule has 1 aliphatic rings. The maximum absolute atomic E-state index is 11.9. The van der Waals surface area contributed by atoms with Crippen LogP contribution in [0.4, 0.5) is 17.1 Å². The van der Waals surface area contributed by atoms with Crippen molar-refractivity contribution in [3.63, 3.8) is 0 Å². The number of nitrogen functional groups attached to an aromatic ring is 2. The summed E-state index contributed by atoms with van der Waals surface area (Å²) in [6.07, 6.45) is 0.254. The van der Waals surface area contributed by atoms with Crippen molar-refractivity contribution in [3.05, 3.63) is 54.1 Å². The van der Waals surface area contributed by atoms with Crippen LogP contribution in [0.5, 0.6) is 0 Å². The molecule has 5 N–H and O–H groups in total. The van der Waals surface area contributed by atoms with Crippen molar-refractivity contribution >= 4 is 62.3 Å². The third-order valence-corrected chi connectivity index (χ3v) is 7.13. The van der Waals surface area contributed by atoms with E-state index in [0.717, 1.165) is 5.69 Å². The highest BCUT2D eigenvalue weighted by Gasteiger charge is 2.32. The number of nitrogens with two attached hydrogens (primary N) is 2. The van der Waals surface area contributed by atoms with E-state index < -0.39 is 17.8 Å². The molecule has 1 aliphatic heterocycles. The average Bonchev–Trinajstić information content (AvgIpc) is 3.16. The smallest absolute Gasteiger partial charge is 0.334 e. The fourth-order valence-corrected chi connectivity index (χ4v) is 4.64. The molecule has 0 bridgehead atoms. The minimum absolute atomic E-state index is 0.0821. The lowest BCUT2D eigenvalue weighted by atomic mass is 10.2. The molecule has 2 aromatic rings. The predicted molar refractivity (Wildman–Crippen MR) is 145 cm³/mol. The Morgan fingerprint density at radius 2 is 1.44 bits per heavy atom. The molecule has 1 fully saturated rings. The summed E-state index contributed by atoms with van der Waals surface area (Å²) in [5, 5.41) is 3.34. The first-order valence-corrected chi connectivity index (χ1v) is 13.6. The number of nitrogens with one attached hydrogen (secondary N) is 1. The normalized spacial score (nSPS) is 12.6. The van der Waals surface area contributed by atoms with E-state index in [4.69, 9.17) is 16.3 Å². The summed E-state index contributed by atoms with van der Waals surface area (Å²) >= 11 is 0. The van der Waals surface area contributed by atoms with Gasteiger partial charge in [-0.25, -0.2) is 4.79 Å². The van der Waals surface area contributed by atoms with Gasteiger partial charge < -0.3 is 26.5 Å². The maximum Gasteiger partial charge on any atom is 0.334 e. The van der Waals surface area contributed by atoms with Crippen LogP contribution < -0.4 is 21.7 Å². The van der Waals surface area contributed by atoms with Gasteiger partial charge in [0, 0.05) is 67.6 Å². The summed E-state index contributed by atoms with van der Waals surface area (Å²) in [5.41, 5.74) is 14.2. The van der Waals surface area contributed by atoms with Gasteiger partial charge in [-0.05, 0) is 48.5 Å². The molecule has 10 nitrogen and oxygen atoms in total. The highest BCUT2D eigenvalue weighted by molar-refractivity contribution is 8.76. The maximum atomic E-state index is 11.9. The Kier molecular flexibility index (Phi) is 11.9. The van der Waals surface area contributed by atoms with Crippen LogP contribution in [0.3, 0.4) is 0 Å². The zero-order chi connectivity index (χ0) is 26.5. The third-order valence-electron chi connectivity index (χ3n) is 4.73. The topological polar surface area (TPSA) is 148 Å². The number of rotatable bonds is 10. The first-order chi connectivity index (χ1) is 17.2. The Balaban J connectivity index is 0.000000380. The van der Waals surface area contributed by atoms with Gasteiger partial charge in [-0.3, -0.25) is 14.4 Å². The number of amides is 3. The summed E-state index contributed by atoms with van der Waals surface area (Å²) in [6.45, 7) is 0.488. The summed E-state index contributed by atoms with van der Waals surface area (Å²) in [7, 11) is 6.97. The van der Waals surface area contributed by atoms with Gasteiger partial charge in [0.1, 0.15) is 0 Å². The number of hydrogen-bond donors (Lipinski definition) is 3. The van der Waals surface area contributed by atoms with E-state index in [-0.39, 0.29) is 25.2 Å². The molecule has 0 saturated carbocycles. The van der Waals surface area contributed by atoms with Crippen LogP contribution in [0, 0.1) is 0 Å². The van der Waals surface area contributed by atoms with E-state index >= 15 is 0 Å². The largest absolute Gasteiger partial charge is 0.399 e. The number of carbonyl (C=O) groups excluding carboxylic acids is 4. The number of hydrogen-bond acceptors (Lipinski definition) is 10. The molecule has 0 radical (unpaired) electrons. The molecule has 1 heterocycles. The van der Waals surface area contributed by atoms with E-state index in [1.807, 2.05) is 43.3 Å². The number of anilines is 3. The Morgan fingerprint density at radius 3 is 2.00 bits per heavy atom. The minimum Gasteiger partial charge on any atom is -0.399 e. The van der Waals surface area contributed by atoms with Crippen LogP contribution in [0.15, 0.2) is 48.5 Å². The number of nitrogens with zero attached hydrogens (tertiary/aromatic N) is 2. The molecule has 0 unspecified atom stereocenters. The van der Waals surface area contributed by atoms with Crippen LogP contribution in [-0.4, -0.2) is 60.9 Å². The molecule has 0 spiro atoms. The Hall–Kier alpha value is -3.38. The molecule has 0 aromatic heterocycles. The van der Waals surface area contributed by atoms with Gasteiger partial charge in [-0.1, -0.05) is 21.6 Å². The predicted octanol–water partition coefficient (Wildman–Crippen LogP) is 2.71. The lowest BCUT2D eigenvalue weighted by Crippen LogP contribution is -2.32. The quantitative estimate of drug-likeness (QED) is 0.180.